The first-order valence-electron chi connectivity index (χ1n) is 11.0. The SMILES string of the molecule is C/C=C/c1cccc(CN(Cc2ccc3c(c2OC)OC(C)(C)C=C3)C(=O)C2CC2)c1. The Balaban J connectivity index is 1.64. The van der Waals surface area contributed by atoms with Crippen LogP contribution in [0.25, 0.3) is 12.2 Å². The molecule has 4 heteroatoms. The molecule has 2 aromatic rings. The minimum atomic E-state index is -0.393. The van der Waals surface area contributed by atoms with E-state index in [1.165, 1.54) is 0 Å². The lowest BCUT2D eigenvalue weighted by atomic mass is 9.99. The predicted octanol–water partition coefficient (Wildman–Crippen LogP) is 5.85. The molecule has 0 aromatic heterocycles. The molecular formula is C27H31NO3. The van der Waals surface area contributed by atoms with Gasteiger partial charge in [-0.15, -0.1) is 0 Å². The average molecular weight is 418 g/mol. The molecule has 0 N–H and O–H groups in total. The molecule has 31 heavy (non-hydrogen) atoms. The third-order valence-corrected chi connectivity index (χ3v) is 5.74. The zero-order chi connectivity index (χ0) is 22.0. The Kier molecular flexibility index (Phi) is 5.90. The van der Waals surface area contributed by atoms with Crippen molar-refractivity contribution in [2.75, 3.05) is 7.11 Å². The van der Waals surface area contributed by atoms with Crippen LogP contribution in [0, 0.1) is 5.92 Å². The molecule has 162 valence electrons. The van der Waals surface area contributed by atoms with E-state index in [9.17, 15) is 4.79 Å². The summed E-state index contributed by atoms with van der Waals surface area (Å²) in [7, 11) is 1.67. The first kappa shape index (κ1) is 21.2. The van der Waals surface area contributed by atoms with E-state index in [1.54, 1.807) is 7.11 Å². The van der Waals surface area contributed by atoms with Crippen molar-refractivity contribution in [2.24, 2.45) is 5.92 Å². The van der Waals surface area contributed by atoms with E-state index >= 15 is 0 Å². The van der Waals surface area contributed by atoms with Gasteiger partial charge in [0, 0.05) is 30.1 Å². The second kappa shape index (κ2) is 8.62. The van der Waals surface area contributed by atoms with E-state index < -0.39 is 5.60 Å². The topological polar surface area (TPSA) is 38.8 Å². The minimum Gasteiger partial charge on any atom is -0.492 e. The molecule has 1 heterocycles. The van der Waals surface area contributed by atoms with Gasteiger partial charge in [-0.3, -0.25) is 4.79 Å². The Morgan fingerprint density at radius 3 is 2.74 bits per heavy atom. The zero-order valence-electron chi connectivity index (χ0n) is 18.9. The van der Waals surface area contributed by atoms with Crippen LogP contribution in [0.15, 0.2) is 48.6 Å². The second-order valence-electron chi connectivity index (χ2n) is 8.93. The number of rotatable bonds is 7. The fourth-order valence-electron chi connectivity index (χ4n) is 4.00. The van der Waals surface area contributed by atoms with E-state index in [4.69, 9.17) is 9.47 Å². The molecule has 1 saturated carbocycles. The summed E-state index contributed by atoms with van der Waals surface area (Å²) in [5.74, 6) is 1.84. The number of ether oxygens (including phenoxy) is 2. The molecule has 0 saturated heterocycles. The number of allylic oxidation sites excluding steroid dienone is 1. The Morgan fingerprint density at radius 2 is 2.03 bits per heavy atom. The van der Waals surface area contributed by atoms with Gasteiger partial charge in [0.05, 0.1) is 7.11 Å². The van der Waals surface area contributed by atoms with Gasteiger partial charge in [0.15, 0.2) is 11.5 Å². The number of fused-ring (bicyclic) bond motifs is 1. The summed E-state index contributed by atoms with van der Waals surface area (Å²) in [5, 5.41) is 0. The molecule has 0 bridgehead atoms. The lowest BCUT2D eigenvalue weighted by molar-refractivity contribution is -0.133. The second-order valence-corrected chi connectivity index (χ2v) is 8.93. The summed E-state index contributed by atoms with van der Waals surface area (Å²) >= 11 is 0. The highest BCUT2D eigenvalue weighted by Crippen LogP contribution is 2.42. The molecule has 1 aliphatic carbocycles. The van der Waals surface area contributed by atoms with E-state index in [1.807, 2.05) is 49.9 Å². The van der Waals surface area contributed by atoms with E-state index in [0.717, 1.165) is 40.8 Å². The standard InChI is InChI=1S/C27H31NO3/c1-5-7-19-8-6-9-20(16-19)17-28(26(29)22-11-12-22)18-23-13-10-21-14-15-27(2,3)31-25(21)24(23)30-4/h5-10,13-16,22H,11-12,17-18H2,1-4H3/b7-5+. The summed E-state index contributed by atoms with van der Waals surface area (Å²) in [5.41, 5.74) is 3.84. The Morgan fingerprint density at radius 1 is 1.23 bits per heavy atom. The number of amides is 1. The number of methoxy groups -OCH3 is 1. The fraction of sp³-hybridized carbons (Fsp3) is 0.370. The van der Waals surface area contributed by atoms with Crippen molar-refractivity contribution in [1.82, 2.24) is 4.90 Å². The molecule has 4 nitrogen and oxygen atoms in total. The number of benzene rings is 2. The lowest BCUT2D eigenvalue weighted by Gasteiger charge is -2.31. The minimum absolute atomic E-state index is 0.153. The van der Waals surface area contributed by atoms with E-state index in [0.29, 0.717) is 18.8 Å². The highest BCUT2D eigenvalue weighted by atomic mass is 16.5. The van der Waals surface area contributed by atoms with Crippen molar-refractivity contribution in [3.05, 3.63) is 70.8 Å². The molecule has 2 aliphatic rings. The molecule has 1 fully saturated rings. The van der Waals surface area contributed by atoms with Crippen LogP contribution >= 0.6 is 0 Å². The third-order valence-electron chi connectivity index (χ3n) is 5.74. The maximum absolute atomic E-state index is 13.1. The van der Waals surface area contributed by atoms with Crippen LogP contribution in [0.4, 0.5) is 0 Å². The number of carbonyl (C=O) groups excluding carboxylic acids is 1. The van der Waals surface area contributed by atoms with Crippen LogP contribution < -0.4 is 9.47 Å². The number of nitrogens with zero attached hydrogens (tertiary/aromatic N) is 1. The zero-order valence-corrected chi connectivity index (χ0v) is 18.9. The first-order chi connectivity index (χ1) is 14.9. The van der Waals surface area contributed by atoms with Gasteiger partial charge >= 0.3 is 0 Å². The Hall–Kier alpha value is -3.01. The molecule has 4 rings (SSSR count). The van der Waals surface area contributed by atoms with Crippen molar-refractivity contribution in [3.8, 4) is 11.5 Å². The van der Waals surface area contributed by atoms with E-state index in [2.05, 4.69) is 36.4 Å². The van der Waals surface area contributed by atoms with Gasteiger partial charge in [-0.1, -0.05) is 48.6 Å². The predicted molar refractivity (Wildman–Crippen MR) is 125 cm³/mol. The first-order valence-corrected chi connectivity index (χ1v) is 11.0. The van der Waals surface area contributed by atoms with Gasteiger partial charge in [-0.25, -0.2) is 0 Å². The normalized spacial score (nSPS) is 16.6. The number of carbonyl (C=O) groups is 1. The molecule has 2 aromatic carbocycles. The van der Waals surface area contributed by atoms with Crippen LogP contribution in [0.3, 0.4) is 0 Å². The van der Waals surface area contributed by atoms with Gasteiger partial charge in [0.1, 0.15) is 5.60 Å². The van der Waals surface area contributed by atoms with Crippen LogP contribution in [-0.2, 0) is 17.9 Å². The van der Waals surface area contributed by atoms with Crippen molar-refractivity contribution in [3.63, 3.8) is 0 Å². The average Bonchev–Trinajstić information content (AvgIpc) is 3.58. The Bertz CT molecular complexity index is 1030. The van der Waals surface area contributed by atoms with Crippen LogP contribution in [0.1, 0.15) is 55.9 Å². The van der Waals surface area contributed by atoms with Crippen molar-refractivity contribution >= 4 is 18.1 Å². The van der Waals surface area contributed by atoms with Gasteiger partial charge in [-0.05, 0) is 56.9 Å². The molecular weight excluding hydrogens is 386 g/mol. The molecule has 0 unspecified atom stereocenters. The highest BCUT2D eigenvalue weighted by molar-refractivity contribution is 5.81. The number of hydrogen-bond acceptors (Lipinski definition) is 3. The van der Waals surface area contributed by atoms with Crippen LogP contribution in [0.2, 0.25) is 0 Å². The molecule has 0 radical (unpaired) electrons. The fourth-order valence-corrected chi connectivity index (χ4v) is 4.00. The summed E-state index contributed by atoms with van der Waals surface area (Å²) in [6, 6.07) is 12.5. The Labute approximate surface area is 185 Å². The van der Waals surface area contributed by atoms with Crippen LogP contribution in [0.5, 0.6) is 11.5 Å². The quantitative estimate of drug-likeness (QED) is 0.567. The van der Waals surface area contributed by atoms with Gasteiger partial charge in [-0.2, -0.15) is 0 Å². The number of hydrogen-bond donors (Lipinski definition) is 0. The van der Waals surface area contributed by atoms with Crippen LogP contribution in [-0.4, -0.2) is 23.5 Å². The van der Waals surface area contributed by atoms with Gasteiger partial charge in [0.2, 0.25) is 5.91 Å². The highest BCUT2D eigenvalue weighted by Gasteiger charge is 2.34. The maximum atomic E-state index is 13.1. The molecule has 1 aliphatic heterocycles. The van der Waals surface area contributed by atoms with E-state index in [-0.39, 0.29) is 11.8 Å². The summed E-state index contributed by atoms with van der Waals surface area (Å²) < 4.78 is 12.0. The van der Waals surface area contributed by atoms with Crippen molar-refractivity contribution in [1.29, 1.82) is 0 Å². The molecule has 1 amide bonds. The summed E-state index contributed by atoms with van der Waals surface area (Å²) in [6.45, 7) is 7.13. The van der Waals surface area contributed by atoms with Gasteiger partial charge < -0.3 is 14.4 Å². The smallest absolute Gasteiger partial charge is 0.226 e. The summed E-state index contributed by atoms with van der Waals surface area (Å²) in [4.78, 5) is 15.1. The van der Waals surface area contributed by atoms with Gasteiger partial charge in [0.25, 0.3) is 0 Å². The third kappa shape index (κ3) is 4.84. The van der Waals surface area contributed by atoms with Crippen molar-refractivity contribution in [2.45, 2.75) is 52.3 Å². The lowest BCUT2D eigenvalue weighted by Crippen LogP contribution is -2.32. The monoisotopic (exact) mass is 417 g/mol. The summed E-state index contributed by atoms with van der Waals surface area (Å²) in [6.07, 6.45) is 10.2. The molecule has 0 atom stereocenters. The molecule has 0 spiro atoms. The van der Waals surface area contributed by atoms with Crippen molar-refractivity contribution < 1.29 is 14.3 Å². The largest absolute Gasteiger partial charge is 0.492 e. The maximum Gasteiger partial charge on any atom is 0.226 e.